The quantitative estimate of drug-likeness (QED) is 0.0200. The van der Waals surface area contributed by atoms with E-state index in [-0.39, 0.29) is 32.2 Å². The summed E-state index contributed by atoms with van der Waals surface area (Å²) in [4.78, 5) is 25.0. The van der Waals surface area contributed by atoms with Gasteiger partial charge in [0.2, 0.25) is 0 Å². The first kappa shape index (κ1) is 53.5. The molecular formula is C46H86NO7P. The number of nitrogens with zero attached hydrogens (tertiary/aromatic N) is 1. The zero-order chi connectivity index (χ0) is 40.6. The van der Waals surface area contributed by atoms with Gasteiger partial charge in [0.25, 0.3) is 7.82 Å². The summed E-state index contributed by atoms with van der Waals surface area (Å²) < 4.78 is 34.6. The van der Waals surface area contributed by atoms with Gasteiger partial charge in [-0.15, -0.1) is 0 Å². The van der Waals surface area contributed by atoms with E-state index in [1.54, 1.807) is 0 Å². The van der Waals surface area contributed by atoms with Crippen LogP contribution in [0.3, 0.4) is 0 Å². The summed E-state index contributed by atoms with van der Waals surface area (Å²) in [5.41, 5.74) is 0. The molecule has 0 N–H and O–H groups in total. The predicted molar refractivity (Wildman–Crippen MR) is 231 cm³/mol. The van der Waals surface area contributed by atoms with Crippen molar-refractivity contribution in [2.75, 3.05) is 54.1 Å². The normalized spacial score (nSPS) is 14.2. The number of rotatable bonds is 41. The van der Waals surface area contributed by atoms with Gasteiger partial charge in [0.05, 0.1) is 34.4 Å². The number of unbranched alkanes of at least 4 members (excludes halogenated alkanes) is 19. The minimum absolute atomic E-state index is 0.0177. The molecule has 0 heterocycles. The number of likely N-dealkylation sites (N-methyl/N-ethyl adjacent to an activating group) is 1. The topological polar surface area (TPSA) is 94.1 Å². The molecule has 0 aliphatic heterocycles. The van der Waals surface area contributed by atoms with Gasteiger partial charge < -0.3 is 27.9 Å². The third kappa shape index (κ3) is 43.4. The van der Waals surface area contributed by atoms with Crippen LogP contribution in [0.5, 0.6) is 0 Å². The Hall–Kier alpha value is -1.54. The molecule has 0 aromatic rings. The van der Waals surface area contributed by atoms with Gasteiger partial charge in [-0.2, -0.15) is 0 Å². The van der Waals surface area contributed by atoms with Crippen molar-refractivity contribution in [2.24, 2.45) is 0 Å². The Kier molecular flexibility index (Phi) is 38.2. The van der Waals surface area contributed by atoms with Crippen molar-refractivity contribution >= 4 is 13.8 Å². The van der Waals surface area contributed by atoms with Gasteiger partial charge in [0, 0.05) is 13.0 Å². The second kappa shape index (κ2) is 39.3. The van der Waals surface area contributed by atoms with E-state index in [4.69, 9.17) is 18.5 Å². The first-order valence-electron chi connectivity index (χ1n) is 22.4. The number of carbonyl (C=O) groups is 1. The molecule has 55 heavy (non-hydrogen) atoms. The van der Waals surface area contributed by atoms with Crippen LogP contribution in [0.1, 0.15) is 181 Å². The number of phosphoric ester groups is 1. The minimum atomic E-state index is -4.53. The Balaban J connectivity index is 4.26. The molecular weight excluding hydrogens is 709 g/mol. The molecule has 0 spiro atoms. The summed E-state index contributed by atoms with van der Waals surface area (Å²) >= 11 is 0. The highest BCUT2D eigenvalue weighted by atomic mass is 31.2. The monoisotopic (exact) mass is 796 g/mol. The fourth-order valence-electron chi connectivity index (χ4n) is 5.95. The molecule has 8 nitrogen and oxygen atoms in total. The van der Waals surface area contributed by atoms with Crippen LogP contribution in [0.2, 0.25) is 0 Å². The van der Waals surface area contributed by atoms with Crippen molar-refractivity contribution in [1.29, 1.82) is 0 Å². The number of esters is 1. The molecule has 1 unspecified atom stereocenters. The van der Waals surface area contributed by atoms with E-state index in [1.165, 1.54) is 103 Å². The van der Waals surface area contributed by atoms with Crippen LogP contribution in [0, 0.1) is 0 Å². The molecule has 0 aromatic heterocycles. The van der Waals surface area contributed by atoms with E-state index >= 15 is 0 Å². The lowest BCUT2D eigenvalue weighted by atomic mass is 10.0. The van der Waals surface area contributed by atoms with Crippen LogP contribution in [-0.4, -0.2) is 70.7 Å². The second-order valence-corrected chi connectivity index (χ2v) is 17.4. The SMILES string of the molecule is CC/C=C\C/C=C\C/C=C\C/C=C\CCCCC(=O)O[C@H](COCCCCCCCCCCCCCCCCCCCC)COP(=O)([O-])OCC[N+](C)(C)C. The maximum Gasteiger partial charge on any atom is 0.306 e. The molecule has 0 aliphatic rings. The van der Waals surface area contributed by atoms with Crippen LogP contribution in [0.4, 0.5) is 0 Å². The highest BCUT2D eigenvalue weighted by Gasteiger charge is 2.20. The van der Waals surface area contributed by atoms with Crippen molar-refractivity contribution in [3.05, 3.63) is 48.6 Å². The standard InChI is InChI=1S/C46H86NO7P/c1-6-8-10-12-14-16-18-20-22-23-24-26-28-30-32-34-36-38-41-51-43-45(44-53-55(49,50)52-42-40-47(3,4)5)54-46(48)39-37-35-33-31-29-27-25-21-19-17-15-13-11-9-7-2/h9,11,15,17,21,25,29,31,45H,6-8,10,12-14,16,18-20,22-24,26-28,30,32-44H2,1-5H3/b11-9-,17-15-,25-21-,31-29-/t45-/m1/s1. The number of allylic oxidation sites excluding steroid dienone is 8. The smallest absolute Gasteiger partial charge is 0.306 e. The summed E-state index contributed by atoms with van der Waals surface area (Å²) in [6, 6.07) is 0. The van der Waals surface area contributed by atoms with Crippen molar-refractivity contribution in [2.45, 2.75) is 187 Å². The number of ether oxygens (including phenoxy) is 2. The Morgan fingerprint density at radius 3 is 1.55 bits per heavy atom. The summed E-state index contributed by atoms with van der Waals surface area (Å²) in [7, 11) is 1.33. The summed E-state index contributed by atoms with van der Waals surface area (Å²) in [5, 5.41) is 0. The largest absolute Gasteiger partial charge is 0.756 e. The Bertz CT molecular complexity index is 1020. The summed E-state index contributed by atoms with van der Waals surface area (Å²) in [6.07, 6.45) is 47.0. The maximum atomic E-state index is 12.7. The third-order valence-corrected chi connectivity index (χ3v) is 10.4. The van der Waals surface area contributed by atoms with Crippen LogP contribution in [-0.2, 0) is 27.9 Å². The average Bonchev–Trinajstić information content (AvgIpc) is 3.13. The van der Waals surface area contributed by atoms with Crippen molar-refractivity contribution in [1.82, 2.24) is 0 Å². The van der Waals surface area contributed by atoms with Gasteiger partial charge in [0.1, 0.15) is 19.3 Å². The van der Waals surface area contributed by atoms with E-state index in [9.17, 15) is 14.3 Å². The number of quaternary nitrogens is 1. The lowest BCUT2D eigenvalue weighted by Crippen LogP contribution is -2.37. The summed E-state index contributed by atoms with van der Waals surface area (Å²) in [6.45, 7) is 5.25. The van der Waals surface area contributed by atoms with Crippen LogP contribution < -0.4 is 4.89 Å². The minimum Gasteiger partial charge on any atom is -0.756 e. The van der Waals surface area contributed by atoms with Gasteiger partial charge in [-0.05, 0) is 51.4 Å². The fraction of sp³-hybridized carbons (Fsp3) is 0.804. The van der Waals surface area contributed by atoms with Gasteiger partial charge >= 0.3 is 5.97 Å². The average molecular weight is 796 g/mol. The maximum absolute atomic E-state index is 12.7. The number of carbonyl (C=O) groups excluding carboxylic acids is 1. The van der Waals surface area contributed by atoms with Gasteiger partial charge in [-0.25, -0.2) is 0 Å². The van der Waals surface area contributed by atoms with Gasteiger partial charge in [-0.1, -0.05) is 172 Å². The molecule has 322 valence electrons. The molecule has 9 heteroatoms. The fourth-order valence-corrected chi connectivity index (χ4v) is 6.68. The summed E-state index contributed by atoms with van der Waals surface area (Å²) in [5.74, 6) is -0.373. The Morgan fingerprint density at radius 2 is 1.05 bits per heavy atom. The van der Waals surface area contributed by atoms with Crippen molar-refractivity contribution < 1.29 is 37.3 Å². The molecule has 0 saturated carbocycles. The number of phosphoric acid groups is 1. The predicted octanol–water partition coefficient (Wildman–Crippen LogP) is 12.5. The van der Waals surface area contributed by atoms with E-state index < -0.39 is 13.9 Å². The Labute approximate surface area is 339 Å². The molecule has 0 bridgehead atoms. The first-order valence-corrected chi connectivity index (χ1v) is 23.8. The molecule has 0 saturated heterocycles. The highest BCUT2D eigenvalue weighted by Crippen LogP contribution is 2.38. The molecule has 0 fully saturated rings. The number of hydrogen-bond acceptors (Lipinski definition) is 7. The van der Waals surface area contributed by atoms with E-state index in [1.807, 2.05) is 21.1 Å². The van der Waals surface area contributed by atoms with Gasteiger partial charge in [-0.3, -0.25) is 9.36 Å². The molecule has 0 radical (unpaired) electrons. The van der Waals surface area contributed by atoms with E-state index in [2.05, 4.69) is 62.5 Å². The Morgan fingerprint density at radius 1 is 0.582 bits per heavy atom. The molecule has 0 rings (SSSR count). The van der Waals surface area contributed by atoms with E-state index in [0.29, 0.717) is 24.1 Å². The number of hydrogen-bond donors (Lipinski definition) is 0. The highest BCUT2D eigenvalue weighted by molar-refractivity contribution is 7.45. The molecule has 0 aromatic carbocycles. The van der Waals surface area contributed by atoms with Crippen LogP contribution in [0.25, 0.3) is 0 Å². The molecule has 2 atom stereocenters. The van der Waals surface area contributed by atoms with E-state index in [0.717, 1.165) is 51.4 Å². The molecule has 0 amide bonds. The van der Waals surface area contributed by atoms with Crippen molar-refractivity contribution in [3.8, 4) is 0 Å². The zero-order valence-corrected chi connectivity index (χ0v) is 37.3. The first-order chi connectivity index (χ1) is 26.6. The zero-order valence-electron chi connectivity index (χ0n) is 36.4. The lowest BCUT2D eigenvalue weighted by Gasteiger charge is -2.28. The van der Waals surface area contributed by atoms with Crippen molar-refractivity contribution in [3.63, 3.8) is 0 Å². The van der Waals surface area contributed by atoms with Gasteiger partial charge in [0.15, 0.2) is 0 Å². The lowest BCUT2D eigenvalue weighted by molar-refractivity contribution is -0.870. The van der Waals surface area contributed by atoms with Crippen LogP contribution >= 0.6 is 7.82 Å². The molecule has 0 aliphatic carbocycles. The van der Waals surface area contributed by atoms with Crippen LogP contribution in [0.15, 0.2) is 48.6 Å². The third-order valence-electron chi connectivity index (χ3n) is 9.39. The second-order valence-electron chi connectivity index (χ2n) is 16.0.